The lowest BCUT2D eigenvalue weighted by Crippen LogP contribution is -2.31. The smallest absolute Gasteiger partial charge is 0.158 e. The van der Waals surface area contributed by atoms with E-state index in [4.69, 9.17) is 5.10 Å². The van der Waals surface area contributed by atoms with Gasteiger partial charge in [0.05, 0.1) is 6.54 Å². The van der Waals surface area contributed by atoms with Gasteiger partial charge in [0.15, 0.2) is 5.84 Å². The van der Waals surface area contributed by atoms with Gasteiger partial charge in [-0.25, -0.2) is 5.01 Å². The van der Waals surface area contributed by atoms with E-state index in [1.807, 2.05) is 53.6 Å². The highest BCUT2D eigenvalue weighted by Gasteiger charge is 2.18. The molecule has 1 aliphatic heterocycles. The summed E-state index contributed by atoms with van der Waals surface area (Å²) in [5.74, 6) is 1.67. The molecular formula is C32H28N4. The lowest BCUT2D eigenvalue weighted by atomic mass is 10.1. The van der Waals surface area contributed by atoms with E-state index >= 15 is 0 Å². The summed E-state index contributed by atoms with van der Waals surface area (Å²) in [6, 6.07) is 35.2. The molecule has 4 nitrogen and oxygen atoms in total. The maximum absolute atomic E-state index is 5.14. The van der Waals surface area contributed by atoms with Gasteiger partial charge in [0, 0.05) is 22.4 Å². The Kier molecular flexibility index (Phi) is 7.05. The van der Waals surface area contributed by atoms with Crippen molar-refractivity contribution >= 4 is 33.7 Å². The van der Waals surface area contributed by atoms with Crippen LogP contribution >= 0.6 is 0 Å². The minimum Gasteiger partial charge on any atom is -0.340 e. The van der Waals surface area contributed by atoms with E-state index in [1.54, 1.807) is 6.08 Å². The SMILES string of the molecule is C=C/C=C\C(=NN1CC=CC=C1Nc1cccc2ccccc12)N(c1ccccc1)c1ccccc1. The molecule has 1 heterocycles. The summed E-state index contributed by atoms with van der Waals surface area (Å²) in [7, 11) is 0. The van der Waals surface area contributed by atoms with Gasteiger partial charge in [0.1, 0.15) is 5.82 Å². The fraction of sp³-hybridized carbons (Fsp3) is 0.0312. The first-order valence-corrected chi connectivity index (χ1v) is 12.0. The predicted octanol–water partition coefficient (Wildman–Crippen LogP) is 7.86. The van der Waals surface area contributed by atoms with Gasteiger partial charge in [-0.05, 0) is 47.9 Å². The zero-order valence-corrected chi connectivity index (χ0v) is 20.0. The summed E-state index contributed by atoms with van der Waals surface area (Å²) in [5, 5.41) is 13.1. The Labute approximate surface area is 212 Å². The maximum atomic E-state index is 5.14. The van der Waals surface area contributed by atoms with Crippen LogP contribution in [0.25, 0.3) is 10.8 Å². The van der Waals surface area contributed by atoms with E-state index in [2.05, 4.69) is 102 Å². The van der Waals surface area contributed by atoms with Gasteiger partial charge in [-0.1, -0.05) is 104 Å². The van der Waals surface area contributed by atoms with Gasteiger partial charge in [-0.2, -0.15) is 5.10 Å². The minimum absolute atomic E-state index is 0.645. The molecule has 0 spiro atoms. The molecule has 5 rings (SSSR count). The summed E-state index contributed by atoms with van der Waals surface area (Å²) >= 11 is 0. The Balaban J connectivity index is 1.56. The van der Waals surface area contributed by atoms with Crippen molar-refractivity contribution in [2.24, 2.45) is 5.10 Å². The second kappa shape index (κ2) is 11.1. The standard InChI is InChI=1S/C32H28N4/c1-2-3-23-32(36(27-17-6-4-7-18-27)28-19-8-5-9-20-28)34-35-25-13-12-24-31(35)33-30-22-14-16-26-15-10-11-21-29(26)30/h2-24,33H,1,25H2/b23-3-,34-32?. The molecule has 0 atom stereocenters. The molecule has 0 aromatic heterocycles. The lowest BCUT2D eigenvalue weighted by molar-refractivity contribution is 0.404. The van der Waals surface area contributed by atoms with Crippen molar-refractivity contribution in [2.45, 2.75) is 0 Å². The van der Waals surface area contributed by atoms with Gasteiger partial charge in [-0.15, -0.1) is 0 Å². The number of allylic oxidation sites excluding steroid dienone is 4. The van der Waals surface area contributed by atoms with Crippen molar-refractivity contribution in [1.82, 2.24) is 5.01 Å². The second-order valence-corrected chi connectivity index (χ2v) is 8.27. The van der Waals surface area contributed by atoms with E-state index < -0.39 is 0 Å². The van der Waals surface area contributed by atoms with Gasteiger partial charge in [-0.3, -0.25) is 4.90 Å². The normalized spacial score (nSPS) is 13.6. The largest absolute Gasteiger partial charge is 0.340 e. The molecule has 176 valence electrons. The predicted molar refractivity (Wildman–Crippen MR) is 153 cm³/mol. The second-order valence-electron chi connectivity index (χ2n) is 8.27. The number of para-hydroxylation sites is 2. The molecule has 4 aromatic carbocycles. The molecular weight excluding hydrogens is 440 g/mol. The van der Waals surface area contributed by atoms with Gasteiger partial charge >= 0.3 is 0 Å². The monoisotopic (exact) mass is 468 g/mol. The van der Waals surface area contributed by atoms with Crippen LogP contribution in [0.5, 0.6) is 0 Å². The third kappa shape index (κ3) is 5.13. The summed E-state index contributed by atoms with van der Waals surface area (Å²) < 4.78 is 0. The lowest BCUT2D eigenvalue weighted by Gasteiger charge is -2.29. The number of rotatable bonds is 7. The third-order valence-electron chi connectivity index (χ3n) is 5.86. The van der Waals surface area contributed by atoms with Crippen molar-refractivity contribution < 1.29 is 0 Å². The molecule has 4 heteroatoms. The molecule has 0 saturated carbocycles. The molecule has 0 bridgehead atoms. The summed E-state index contributed by atoms with van der Waals surface area (Å²) in [5.41, 5.74) is 3.09. The van der Waals surface area contributed by atoms with Crippen molar-refractivity contribution in [1.29, 1.82) is 0 Å². The number of hydrogen-bond donors (Lipinski definition) is 1. The van der Waals surface area contributed by atoms with Crippen molar-refractivity contribution in [3.05, 3.63) is 152 Å². The molecule has 0 saturated heterocycles. The molecule has 0 radical (unpaired) electrons. The van der Waals surface area contributed by atoms with Crippen LogP contribution < -0.4 is 10.2 Å². The zero-order valence-electron chi connectivity index (χ0n) is 20.0. The molecule has 0 amide bonds. The minimum atomic E-state index is 0.645. The van der Waals surface area contributed by atoms with E-state index in [-0.39, 0.29) is 0 Å². The number of fused-ring (bicyclic) bond motifs is 1. The average molecular weight is 469 g/mol. The topological polar surface area (TPSA) is 30.9 Å². The highest BCUT2D eigenvalue weighted by atomic mass is 15.5. The van der Waals surface area contributed by atoms with E-state index in [0.717, 1.165) is 28.7 Å². The quantitative estimate of drug-likeness (QED) is 0.170. The summed E-state index contributed by atoms with van der Waals surface area (Å²) in [4.78, 5) is 2.15. The van der Waals surface area contributed by atoms with E-state index in [9.17, 15) is 0 Å². The van der Waals surface area contributed by atoms with E-state index in [0.29, 0.717) is 6.54 Å². The van der Waals surface area contributed by atoms with Crippen LogP contribution in [0.3, 0.4) is 0 Å². The van der Waals surface area contributed by atoms with Crippen molar-refractivity contribution in [2.75, 3.05) is 16.8 Å². The van der Waals surface area contributed by atoms with Crippen LogP contribution in [-0.4, -0.2) is 17.4 Å². The number of amidine groups is 1. The molecule has 1 aliphatic rings. The number of nitrogens with zero attached hydrogens (tertiary/aromatic N) is 3. The highest BCUT2D eigenvalue weighted by Crippen LogP contribution is 2.28. The molecule has 36 heavy (non-hydrogen) atoms. The maximum Gasteiger partial charge on any atom is 0.158 e. The van der Waals surface area contributed by atoms with Crippen LogP contribution in [0.1, 0.15) is 0 Å². The van der Waals surface area contributed by atoms with Crippen LogP contribution in [0, 0.1) is 0 Å². The fourth-order valence-corrected chi connectivity index (χ4v) is 4.18. The number of hydrogen-bond acceptors (Lipinski definition) is 3. The van der Waals surface area contributed by atoms with Crippen LogP contribution in [0.2, 0.25) is 0 Å². The molecule has 1 N–H and O–H groups in total. The average Bonchev–Trinajstić information content (AvgIpc) is 2.94. The Morgan fingerprint density at radius 3 is 2.22 bits per heavy atom. The Bertz CT molecular complexity index is 1400. The first kappa shape index (κ1) is 22.9. The zero-order chi connectivity index (χ0) is 24.6. The highest BCUT2D eigenvalue weighted by molar-refractivity contribution is 6.10. The van der Waals surface area contributed by atoms with Crippen LogP contribution in [0.15, 0.2) is 157 Å². The van der Waals surface area contributed by atoms with Gasteiger partial charge in [0.2, 0.25) is 0 Å². The number of hydrazone groups is 1. The molecule has 4 aromatic rings. The van der Waals surface area contributed by atoms with Crippen molar-refractivity contribution in [3.63, 3.8) is 0 Å². The molecule has 0 aliphatic carbocycles. The fourth-order valence-electron chi connectivity index (χ4n) is 4.18. The molecule has 0 fully saturated rings. The third-order valence-corrected chi connectivity index (χ3v) is 5.86. The van der Waals surface area contributed by atoms with Crippen LogP contribution in [-0.2, 0) is 0 Å². The van der Waals surface area contributed by atoms with Crippen molar-refractivity contribution in [3.8, 4) is 0 Å². The van der Waals surface area contributed by atoms with E-state index in [1.165, 1.54) is 10.8 Å². The number of nitrogens with one attached hydrogen (secondary N) is 1. The Morgan fingerprint density at radius 1 is 0.833 bits per heavy atom. The first-order valence-electron chi connectivity index (χ1n) is 12.0. The number of benzene rings is 4. The van der Waals surface area contributed by atoms with Gasteiger partial charge in [0.25, 0.3) is 0 Å². The summed E-state index contributed by atoms with van der Waals surface area (Å²) in [6.07, 6.45) is 11.9. The summed E-state index contributed by atoms with van der Waals surface area (Å²) in [6.45, 7) is 4.52. The molecule has 0 unspecified atom stereocenters. The first-order chi connectivity index (χ1) is 17.8. The van der Waals surface area contributed by atoms with Gasteiger partial charge < -0.3 is 5.32 Å². The van der Waals surface area contributed by atoms with Crippen LogP contribution in [0.4, 0.5) is 17.1 Å². The number of anilines is 3. The Morgan fingerprint density at radius 2 is 1.50 bits per heavy atom. The Hall–Kier alpha value is -4.83.